The molecule has 1 aromatic carbocycles. The Hall–Kier alpha value is -1.25. The Morgan fingerprint density at radius 2 is 2.21 bits per heavy atom. The number of ether oxygens (including phenoxy) is 2. The van der Waals surface area contributed by atoms with Gasteiger partial charge in [0, 0.05) is 6.42 Å². The number of hydrogen-bond acceptors (Lipinski definition) is 3. The van der Waals surface area contributed by atoms with Crippen molar-refractivity contribution < 1.29 is 14.3 Å². The van der Waals surface area contributed by atoms with Gasteiger partial charge in [-0.1, -0.05) is 11.6 Å². The summed E-state index contributed by atoms with van der Waals surface area (Å²) < 4.78 is 10.5. The molecule has 1 rings (SSSR count). The summed E-state index contributed by atoms with van der Waals surface area (Å²) in [6, 6.07) is 3.04. The molecular formula is C13H13BrClNO3. The van der Waals surface area contributed by atoms with E-state index in [1.807, 2.05) is 0 Å². The number of nitrogens with zero attached hydrogens (tertiary/aromatic N) is 1. The summed E-state index contributed by atoms with van der Waals surface area (Å²) >= 11 is 9.55. The summed E-state index contributed by atoms with van der Waals surface area (Å²) in [6.07, 6.45) is 0.541. The summed E-state index contributed by atoms with van der Waals surface area (Å²) in [5, 5.41) is 0.391. The quantitative estimate of drug-likeness (QED) is 0.597. The predicted octanol–water partition coefficient (Wildman–Crippen LogP) is 4.02. The Morgan fingerprint density at radius 3 is 2.74 bits per heavy atom. The minimum atomic E-state index is -0.492. The van der Waals surface area contributed by atoms with Gasteiger partial charge in [-0.25, -0.2) is 6.57 Å². The lowest BCUT2D eigenvalue weighted by Gasteiger charge is -2.12. The third kappa shape index (κ3) is 3.85. The van der Waals surface area contributed by atoms with Crippen molar-refractivity contribution in [1.29, 1.82) is 0 Å². The molecule has 102 valence electrons. The average Bonchev–Trinajstić information content (AvgIpc) is 2.41. The third-order valence-electron chi connectivity index (χ3n) is 2.65. The van der Waals surface area contributed by atoms with Gasteiger partial charge < -0.3 is 14.3 Å². The zero-order valence-corrected chi connectivity index (χ0v) is 12.9. The van der Waals surface area contributed by atoms with Crippen molar-refractivity contribution in [2.45, 2.75) is 18.9 Å². The van der Waals surface area contributed by atoms with Crippen molar-refractivity contribution in [1.82, 2.24) is 0 Å². The number of carbonyl (C=O) groups excluding carboxylic acids is 1. The van der Waals surface area contributed by atoms with E-state index in [2.05, 4.69) is 25.5 Å². The number of esters is 1. The van der Waals surface area contributed by atoms with E-state index in [4.69, 9.17) is 22.9 Å². The van der Waals surface area contributed by atoms with Crippen LogP contribution < -0.4 is 4.74 Å². The van der Waals surface area contributed by atoms with E-state index in [0.717, 1.165) is 4.47 Å². The fourth-order valence-corrected chi connectivity index (χ4v) is 2.61. The van der Waals surface area contributed by atoms with Crippen LogP contribution in [0.5, 0.6) is 5.75 Å². The molecule has 0 fully saturated rings. The first kappa shape index (κ1) is 15.8. The Balaban J connectivity index is 3.00. The van der Waals surface area contributed by atoms with Crippen molar-refractivity contribution in [3.63, 3.8) is 0 Å². The summed E-state index contributed by atoms with van der Waals surface area (Å²) in [5.41, 5.74) is 0.653. The first-order chi connectivity index (χ1) is 9.04. The molecule has 0 aliphatic rings. The Morgan fingerprint density at radius 1 is 1.53 bits per heavy atom. The van der Waals surface area contributed by atoms with Crippen LogP contribution in [0.25, 0.3) is 4.85 Å². The number of halogens is 2. The van der Waals surface area contributed by atoms with Crippen LogP contribution in [0.3, 0.4) is 0 Å². The third-order valence-corrected chi connectivity index (χ3v) is 3.66. The van der Waals surface area contributed by atoms with E-state index in [1.54, 1.807) is 12.1 Å². The molecule has 0 radical (unpaired) electrons. The van der Waals surface area contributed by atoms with Gasteiger partial charge in [0.2, 0.25) is 0 Å². The normalized spacial score (nSPS) is 11.5. The van der Waals surface area contributed by atoms with Crippen LogP contribution in [0, 0.1) is 6.57 Å². The lowest BCUT2D eigenvalue weighted by Crippen LogP contribution is -2.04. The molecule has 0 bridgehead atoms. The van der Waals surface area contributed by atoms with Crippen LogP contribution >= 0.6 is 27.5 Å². The highest BCUT2D eigenvalue weighted by atomic mass is 79.9. The fourth-order valence-electron chi connectivity index (χ4n) is 1.64. The van der Waals surface area contributed by atoms with Gasteiger partial charge in [-0.2, -0.15) is 0 Å². The van der Waals surface area contributed by atoms with Crippen LogP contribution in [-0.4, -0.2) is 20.2 Å². The van der Waals surface area contributed by atoms with Gasteiger partial charge >= 0.3 is 5.97 Å². The van der Waals surface area contributed by atoms with Gasteiger partial charge in [-0.15, -0.1) is 0 Å². The Bertz CT molecular complexity index is 513. The van der Waals surface area contributed by atoms with Gasteiger partial charge in [0.1, 0.15) is 0 Å². The second-order valence-electron chi connectivity index (χ2n) is 3.74. The van der Waals surface area contributed by atoms with E-state index < -0.39 is 6.04 Å². The molecule has 4 nitrogen and oxygen atoms in total. The minimum Gasteiger partial charge on any atom is -0.494 e. The Kier molecular flexibility index (Phi) is 6.13. The molecule has 0 saturated carbocycles. The maximum absolute atomic E-state index is 11.1. The first-order valence-electron chi connectivity index (χ1n) is 5.50. The van der Waals surface area contributed by atoms with Gasteiger partial charge in [0.25, 0.3) is 6.04 Å². The van der Waals surface area contributed by atoms with E-state index in [1.165, 1.54) is 14.2 Å². The molecule has 1 atom stereocenters. The lowest BCUT2D eigenvalue weighted by atomic mass is 10.0. The maximum atomic E-state index is 11.1. The molecule has 0 N–H and O–H groups in total. The SMILES string of the molecule is [C-]#[N+]C(CCC(=O)OC)c1ccc(Br)c(OC)c1Cl. The van der Waals surface area contributed by atoms with Crippen LogP contribution in [0.1, 0.15) is 24.4 Å². The summed E-state index contributed by atoms with van der Waals surface area (Å²) in [5.74, 6) is 0.153. The topological polar surface area (TPSA) is 39.9 Å². The molecule has 6 heteroatoms. The fraction of sp³-hybridized carbons (Fsp3) is 0.385. The number of benzene rings is 1. The number of carbonyl (C=O) groups is 1. The molecule has 1 aromatic rings. The first-order valence-corrected chi connectivity index (χ1v) is 6.67. The van der Waals surface area contributed by atoms with Crippen molar-refractivity contribution in [3.05, 3.63) is 38.6 Å². The molecule has 1 unspecified atom stereocenters. The molecule has 0 spiro atoms. The van der Waals surface area contributed by atoms with Crippen LogP contribution in [0.15, 0.2) is 16.6 Å². The van der Waals surface area contributed by atoms with Crippen molar-refractivity contribution in [2.75, 3.05) is 14.2 Å². The number of hydrogen-bond donors (Lipinski definition) is 0. The van der Waals surface area contributed by atoms with Crippen molar-refractivity contribution in [2.24, 2.45) is 0 Å². The zero-order chi connectivity index (χ0) is 14.4. The van der Waals surface area contributed by atoms with E-state index in [0.29, 0.717) is 22.8 Å². The smallest absolute Gasteiger partial charge is 0.305 e. The highest BCUT2D eigenvalue weighted by Crippen LogP contribution is 2.40. The van der Waals surface area contributed by atoms with Gasteiger partial charge in [0.05, 0.1) is 35.7 Å². The predicted molar refractivity (Wildman–Crippen MR) is 76.3 cm³/mol. The molecule has 19 heavy (non-hydrogen) atoms. The van der Waals surface area contributed by atoms with Crippen molar-refractivity contribution in [3.8, 4) is 5.75 Å². The number of rotatable bonds is 5. The minimum absolute atomic E-state index is 0.179. The largest absolute Gasteiger partial charge is 0.494 e. The second-order valence-corrected chi connectivity index (χ2v) is 4.98. The highest BCUT2D eigenvalue weighted by molar-refractivity contribution is 9.10. The Labute approximate surface area is 125 Å². The molecule has 0 saturated heterocycles. The zero-order valence-electron chi connectivity index (χ0n) is 10.6. The summed E-state index contributed by atoms with van der Waals surface area (Å²) in [4.78, 5) is 14.7. The van der Waals surface area contributed by atoms with Crippen LogP contribution in [0.4, 0.5) is 0 Å². The molecular weight excluding hydrogens is 334 g/mol. The van der Waals surface area contributed by atoms with Gasteiger partial charge in [0.15, 0.2) is 5.75 Å². The standard InChI is InChI=1S/C13H13BrClNO3/c1-16-10(6-7-11(17)18-2)8-4-5-9(14)13(19-3)12(8)15/h4-5,10H,6-7H2,2-3H3. The molecule has 0 amide bonds. The molecule has 0 aliphatic carbocycles. The average molecular weight is 347 g/mol. The monoisotopic (exact) mass is 345 g/mol. The van der Waals surface area contributed by atoms with Crippen LogP contribution in [-0.2, 0) is 9.53 Å². The van der Waals surface area contributed by atoms with Gasteiger partial charge in [-0.3, -0.25) is 4.79 Å². The summed E-state index contributed by atoms with van der Waals surface area (Å²) in [7, 11) is 2.84. The number of methoxy groups -OCH3 is 2. The van der Waals surface area contributed by atoms with E-state index >= 15 is 0 Å². The second kappa shape index (κ2) is 7.37. The van der Waals surface area contributed by atoms with Gasteiger partial charge in [-0.05, 0) is 28.1 Å². The van der Waals surface area contributed by atoms with Crippen molar-refractivity contribution >= 4 is 33.5 Å². The lowest BCUT2D eigenvalue weighted by molar-refractivity contribution is -0.140. The van der Waals surface area contributed by atoms with E-state index in [9.17, 15) is 4.79 Å². The molecule has 0 aliphatic heterocycles. The summed E-state index contributed by atoms with van der Waals surface area (Å²) in [6.45, 7) is 7.24. The molecule has 0 aromatic heterocycles. The van der Waals surface area contributed by atoms with E-state index in [-0.39, 0.29) is 12.4 Å². The molecule has 0 heterocycles. The maximum Gasteiger partial charge on any atom is 0.305 e. The van der Waals surface area contributed by atoms with Crippen LogP contribution in [0.2, 0.25) is 5.02 Å². The highest BCUT2D eigenvalue weighted by Gasteiger charge is 2.24.